The molecule has 4 rings (SSSR count). The van der Waals surface area contributed by atoms with Crippen molar-refractivity contribution in [3.05, 3.63) is 64.9 Å². The van der Waals surface area contributed by atoms with Crippen LogP contribution in [0.2, 0.25) is 0 Å². The Bertz CT molecular complexity index is 934. The van der Waals surface area contributed by atoms with Gasteiger partial charge in [0.05, 0.1) is 11.9 Å². The highest BCUT2D eigenvalue weighted by Crippen LogP contribution is 2.31. The van der Waals surface area contributed by atoms with Crippen LogP contribution < -0.4 is 9.64 Å². The number of aromatic nitrogens is 4. The third kappa shape index (κ3) is 3.27. The maximum Gasteiger partial charge on any atom is 0.135 e. The molecule has 1 aliphatic heterocycles. The van der Waals surface area contributed by atoms with Crippen molar-refractivity contribution in [1.29, 1.82) is 0 Å². The number of ether oxygens (including phenoxy) is 1. The van der Waals surface area contributed by atoms with E-state index in [9.17, 15) is 0 Å². The zero-order valence-corrected chi connectivity index (χ0v) is 15.4. The van der Waals surface area contributed by atoms with Crippen molar-refractivity contribution in [1.82, 2.24) is 19.7 Å². The largest absolute Gasteiger partial charge is 0.487 e. The molecule has 2 aromatic heterocycles. The number of fused-ring (bicyclic) bond motifs is 2. The fourth-order valence-corrected chi connectivity index (χ4v) is 3.38. The molecule has 3 heterocycles. The summed E-state index contributed by atoms with van der Waals surface area (Å²) in [7, 11) is 4.04. The van der Waals surface area contributed by atoms with E-state index in [1.807, 2.05) is 43.0 Å². The molecule has 6 nitrogen and oxygen atoms in total. The maximum absolute atomic E-state index is 5.98. The molecule has 0 N–H and O–H groups in total. The van der Waals surface area contributed by atoms with Crippen molar-refractivity contribution in [2.24, 2.45) is 7.05 Å². The lowest BCUT2D eigenvalue weighted by atomic mass is 10.0. The maximum atomic E-state index is 5.98. The predicted molar refractivity (Wildman–Crippen MR) is 101 cm³/mol. The SMILES string of the molecule is Cc1nc2c(c(N(C)CCc3cnn(C)c3)n1)Cc1ccccc1OC2. The zero-order valence-electron chi connectivity index (χ0n) is 15.4. The topological polar surface area (TPSA) is 56.1 Å². The van der Waals surface area contributed by atoms with Gasteiger partial charge in [0.25, 0.3) is 0 Å². The Balaban J connectivity index is 1.63. The fourth-order valence-electron chi connectivity index (χ4n) is 3.38. The minimum absolute atomic E-state index is 0.485. The number of aryl methyl sites for hydroxylation is 2. The van der Waals surface area contributed by atoms with Gasteiger partial charge < -0.3 is 9.64 Å². The van der Waals surface area contributed by atoms with Crippen LogP contribution in [-0.4, -0.2) is 33.3 Å². The van der Waals surface area contributed by atoms with Crippen molar-refractivity contribution in [2.75, 3.05) is 18.5 Å². The van der Waals surface area contributed by atoms with Gasteiger partial charge in [-0.25, -0.2) is 9.97 Å². The summed E-state index contributed by atoms with van der Waals surface area (Å²) in [5.74, 6) is 2.71. The Morgan fingerprint density at radius 3 is 2.88 bits per heavy atom. The first-order valence-electron chi connectivity index (χ1n) is 8.86. The lowest BCUT2D eigenvalue weighted by Crippen LogP contribution is -2.24. The second-order valence-corrected chi connectivity index (χ2v) is 6.79. The fraction of sp³-hybridized carbons (Fsp3) is 0.350. The highest BCUT2D eigenvalue weighted by molar-refractivity contribution is 5.53. The number of rotatable bonds is 4. The molecule has 0 radical (unpaired) electrons. The molecule has 0 fully saturated rings. The Morgan fingerprint density at radius 1 is 1.23 bits per heavy atom. The highest BCUT2D eigenvalue weighted by Gasteiger charge is 2.21. The van der Waals surface area contributed by atoms with Gasteiger partial charge in [-0.3, -0.25) is 4.68 Å². The third-order valence-corrected chi connectivity index (χ3v) is 4.74. The molecule has 3 aromatic rings. The summed E-state index contributed by atoms with van der Waals surface area (Å²) in [6.45, 7) is 3.30. The van der Waals surface area contributed by atoms with Crippen LogP contribution in [0.15, 0.2) is 36.7 Å². The number of anilines is 1. The van der Waals surface area contributed by atoms with E-state index in [1.165, 1.54) is 11.1 Å². The second-order valence-electron chi connectivity index (χ2n) is 6.79. The third-order valence-electron chi connectivity index (χ3n) is 4.74. The number of benzene rings is 1. The average Bonchev–Trinajstić information content (AvgIpc) is 2.96. The number of hydrogen-bond acceptors (Lipinski definition) is 5. The molecule has 6 heteroatoms. The summed E-state index contributed by atoms with van der Waals surface area (Å²) in [5.41, 5.74) is 4.55. The monoisotopic (exact) mass is 349 g/mol. The summed E-state index contributed by atoms with van der Waals surface area (Å²) < 4.78 is 7.81. The molecule has 26 heavy (non-hydrogen) atoms. The van der Waals surface area contributed by atoms with E-state index < -0.39 is 0 Å². The van der Waals surface area contributed by atoms with Gasteiger partial charge in [-0.2, -0.15) is 5.10 Å². The molecule has 0 bridgehead atoms. The molecule has 0 spiro atoms. The summed E-state index contributed by atoms with van der Waals surface area (Å²) in [6, 6.07) is 8.19. The van der Waals surface area contributed by atoms with Crippen molar-refractivity contribution in [3.63, 3.8) is 0 Å². The lowest BCUT2D eigenvalue weighted by Gasteiger charge is -2.22. The van der Waals surface area contributed by atoms with Crippen LogP contribution in [0, 0.1) is 6.92 Å². The first-order valence-corrected chi connectivity index (χ1v) is 8.86. The second kappa shape index (κ2) is 6.78. The van der Waals surface area contributed by atoms with Crippen LogP contribution in [0.25, 0.3) is 0 Å². The standard InChI is InChI=1S/C20H23N5O/c1-14-22-18-13-26-19-7-5-4-6-16(19)10-17(18)20(23-14)24(2)9-8-15-11-21-25(3)12-15/h4-7,11-12H,8-10,13H2,1-3H3. The first kappa shape index (κ1) is 16.6. The zero-order chi connectivity index (χ0) is 18.1. The molecule has 1 aliphatic rings. The minimum atomic E-state index is 0.485. The molecule has 0 atom stereocenters. The van der Waals surface area contributed by atoms with Crippen LogP contribution >= 0.6 is 0 Å². The van der Waals surface area contributed by atoms with Gasteiger partial charge in [0, 0.05) is 38.8 Å². The van der Waals surface area contributed by atoms with Crippen molar-refractivity contribution >= 4 is 5.82 Å². The number of hydrogen-bond donors (Lipinski definition) is 0. The summed E-state index contributed by atoms with van der Waals surface area (Å²) >= 11 is 0. The van der Waals surface area contributed by atoms with Gasteiger partial charge in [0.15, 0.2) is 0 Å². The Kier molecular flexibility index (Phi) is 4.32. The van der Waals surface area contributed by atoms with Gasteiger partial charge in [0.2, 0.25) is 0 Å². The van der Waals surface area contributed by atoms with Gasteiger partial charge in [0.1, 0.15) is 24.0 Å². The van der Waals surface area contributed by atoms with E-state index in [-0.39, 0.29) is 0 Å². The van der Waals surface area contributed by atoms with E-state index in [1.54, 1.807) is 0 Å². The summed E-state index contributed by atoms with van der Waals surface area (Å²) in [6.07, 6.45) is 5.70. The van der Waals surface area contributed by atoms with E-state index in [0.29, 0.717) is 6.61 Å². The van der Waals surface area contributed by atoms with Crippen LogP contribution in [0.1, 0.15) is 28.2 Å². The average molecular weight is 349 g/mol. The molecule has 0 saturated heterocycles. The molecular weight excluding hydrogens is 326 g/mol. The molecule has 0 amide bonds. The summed E-state index contributed by atoms with van der Waals surface area (Å²) in [5, 5.41) is 4.25. The number of likely N-dealkylation sites (N-methyl/N-ethyl adjacent to an activating group) is 1. The van der Waals surface area contributed by atoms with Gasteiger partial charge >= 0.3 is 0 Å². The molecule has 134 valence electrons. The smallest absolute Gasteiger partial charge is 0.135 e. The van der Waals surface area contributed by atoms with Gasteiger partial charge in [-0.1, -0.05) is 18.2 Å². The Labute approximate surface area is 153 Å². The molecule has 0 unspecified atom stereocenters. The molecule has 0 aliphatic carbocycles. The Hall–Kier alpha value is -2.89. The van der Waals surface area contributed by atoms with Gasteiger partial charge in [-0.05, 0) is 30.5 Å². The number of nitrogens with zero attached hydrogens (tertiary/aromatic N) is 5. The first-order chi connectivity index (χ1) is 12.6. The van der Waals surface area contributed by atoms with Crippen molar-refractivity contribution < 1.29 is 4.74 Å². The predicted octanol–water partition coefficient (Wildman–Crippen LogP) is 2.68. The normalized spacial score (nSPS) is 12.7. The highest BCUT2D eigenvalue weighted by atomic mass is 16.5. The number of para-hydroxylation sites is 1. The summed E-state index contributed by atoms with van der Waals surface area (Å²) in [4.78, 5) is 11.6. The lowest BCUT2D eigenvalue weighted by molar-refractivity contribution is 0.302. The van der Waals surface area contributed by atoms with Crippen molar-refractivity contribution in [2.45, 2.75) is 26.4 Å². The van der Waals surface area contributed by atoms with Crippen LogP contribution in [0.4, 0.5) is 5.82 Å². The molecule has 1 aromatic carbocycles. The van der Waals surface area contributed by atoms with Crippen LogP contribution in [0.5, 0.6) is 5.75 Å². The van der Waals surface area contributed by atoms with Crippen LogP contribution in [0.3, 0.4) is 0 Å². The minimum Gasteiger partial charge on any atom is -0.487 e. The van der Waals surface area contributed by atoms with E-state index in [2.05, 4.69) is 34.3 Å². The van der Waals surface area contributed by atoms with Crippen molar-refractivity contribution in [3.8, 4) is 5.75 Å². The quantitative estimate of drug-likeness (QED) is 0.725. The Morgan fingerprint density at radius 2 is 2.08 bits per heavy atom. The molecule has 0 saturated carbocycles. The van der Waals surface area contributed by atoms with Gasteiger partial charge in [-0.15, -0.1) is 0 Å². The van der Waals surface area contributed by atoms with E-state index in [0.717, 1.165) is 48.0 Å². The van der Waals surface area contributed by atoms with E-state index >= 15 is 0 Å². The van der Waals surface area contributed by atoms with Crippen LogP contribution in [-0.2, 0) is 26.5 Å². The molecular formula is C20H23N5O. The van der Waals surface area contributed by atoms with E-state index in [4.69, 9.17) is 9.72 Å².